The molecule has 150 valence electrons. The van der Waals surface area contributed by atoms with Crippen molar-refractivity contribution in [2.75, 3.05) is 13.1 Å². The van der Waals surface area contributed by atoms with Gasteiger partial charge in [0.2, 0.25) is 0 Å². The quantitative estimate of drug-likeness (QED) is 0.258. The lowest BCUT2D eigenvalue weighted by Crippen LogP contribution is -2.44. The van der Waals surface area contributed by atoms with Crippen molar-refractivity contribution in [3.63, 3.8) is 0 Å². The van der Waals surface area contributed by atoms with E-state index in [0.717, 1.165) is 23.4 Å². The molecule has 0 aliphatic heterocycles. The van der Waals surface area contributed by atoms with Crippen LogP contribution in [0.2, 0.25) is 0 Å². The molecule has 0 bridgehead atoms. The first-order valence-electron chi connectivity index (χ1n) is 8.94. The smallest absolute Gasteiger partial charge is 0.191 e. The standard InChI is InChI=1S/C20H25N5OS.HI/c1-3-21-19(23-15-20(2,26)17-9-12-27-14-17)22-13-16-5-7-18(8-6-16)25-11-4-10-24-25;/h4-12,14,26H,3,13,15H2,1-2H3,(H2,21,22,23);1H. The number of hydrogen-bond donors (Lipinski definition) is 3. The minimum absolute atomic E-state index is 0. The van der Waals surface area contributed by atoms with Crippen LogP contribution in [0.15, 0.2) is 64.5 Å². The number of benzene rings is 1. The summed E-state index contributed by atoms with van der Waals surface area (Å²) >= 11 is 1.58. The van der Waals surface area contributed by atoms with Crippen molar-refractivity contribution in [3.05, 3.63) is 70.7 Å². The van der Waals surface area contributed by atoms with Gasteiger partial charge in [-0.1, -0.05) is 12.1 Å². The molecule has 3 aromatic rings. The fraction of sp³-hybridized carbons (Fsp3) is 0.300. The predicted octanol–water partition coefficient (Wildman–Crippen LogP) is 3.51. The number of aliphatic hydroxyl groups is 1. The summed E-state index contributed by atoms with van der Waals surface area (Å²) in [7, 11) is 0. The van der Waals surface area contributed by atoms with Crippen LogP contribution in [-0.4, -0.2) is 33.9 Å². The summed E-state index contributed by atoms with van der Waals surface area (Å²) in [4.78, 5) is 4.62. The van der Waals surface area contributed by atoms with Crippen LogP contribution in [0.3, 0.4) is 0 Å². The number of halogens is 1. The van der Waals surface area contributed by atoms with Gasteiger partial charge in [0.1, 0.15) is 5.60 Å². The number of thiophene rings is 1. The Morgan fingerprint density at radius 2 is 2.04 bits per heavy atom. The Kier molecular flexibility index (Phi) is 8.46. The number of nitrogens with zero attached hydrogens (tertiary/aromatic N) is 3. The highest BCUT2D eigenvalue weighted by Crippen LogP contribution is 2.21. The number of aromatic nitrogens is 2. The predicted molar refractivity (Wildman–Crippen MR) is 126 cm³/mol. The van der Waals surface area contributed by atoms with E-state index in [2.05, 4.69) is 20.7 Å². The molecule has 1 atom stereocenters. The van der Waals surface area contributed by atoms with Crippen molar-refractivity contribution < 1.29 is 5.11 Å². The molecule has 28 heavy (non-hydrogen) atoms. The fourth-order valence-corrected chi connectivity index (χ4v) is 3.40. The summed E-state index contributed by atoms with van der Waals surface area (Å²) in [6.45, 7) is 5.51. The van der Waals surface area contributed by atoms with Crippen molar-refractivity contribution >= 4 is 41.3 Å². The molecule has 0 aliphatic carbocycles. The molecule has 0 radical (unpaired) electrons. The second kappa shape index (κ2) is 10.6. The van der Waals surface area contributed by atoms with E-state index in [4.69, 9.17) is 0 Å². The Morgan fingerprint density at radius 3 is 2.64 bits per heavy atom. The van der Waals surface area contributed by atoms with Crippen molar-refractivity contribution in [2.45, 2.75) is 26.0 Å². The molecule has 8 heteroatoms. The summed E-state index contributed by atoms with van der Waals surface area (Å²) in [6, 6.07) is 12.0. The summed E-state index contributed by atoms with van der Waals surface area (Å²) in [5.74, 6) is 0.684. The molecule has 6 nitrogen and oxygen atoms in total. The molecule has 0 saturated carbocycles. The van der Waals surface area contributed by atoms with E-state index in [1.54, 1.807) is 24.5 Å². The first kappa shape index (κ1) is 22.4. The minimum atomic E-state index is -0.943. The molecule has 0 aliphatic rings. The number of rotatable bonds is 7. The molecule has 0 saturated heterocycles. The summed E-state index contributed by atoms with van der Waals surface area (Å²) in [5, 5.41) is 25.3. The zero-order valence-electron chi connectivity index (χ0n) is 16.0. The maximum absolute atomic E-state index is 10.7. The first-order chi connectivity index (χ1) is 13.1. The van der Waals surface area contributed by atoms with Gasteiger partial charge < -0.3 is 15.7 Å². The van der Waals surface area contributed by atoms with Gasteiger partial charge in [0.15, 0.2) is 5.96 Å². The SMILES string of the molecule is CCNC(=NCc1ccc(-n2cccn2)cc1)NCC(C)(O)c1ccsc1.I. The average molecular weight is 511 g/mol. The Labute approximate surface area is 186 Å². The largest absolute Gasteiger partial charge is 0.384 e. The van der Waals surface area contributed by atoms with Gasteiger partial charge in [-0.3, -0.25) is 0 Å². The number of hydrogen-bond acceptors (Lipinski definition) is 4. The zero-order chi connectivity index (χ0) is 19.1. The van der Waals surface area contributed by atoms with Crippen LogP contribution >= 0.6 is 35.3 Å². The third-order valence-corrected chi connectivity index (χ3v) is 4.90. The van der Waals surface area contributed by atoms with Gasteiger partial charge in [0.05, 0.1) is 18.8 Å². The van der Waals surface area contributed by atoms with Crippen molar-refractivity contribution in [3.8, 4) is 5.69 Å². The van der Waals surface area contributed by atoms with Crippen LogP contribution in [-0.2, 0) is 12.1 Å². The van der Waals surface area contributed by atoms with Crippen LogP contribution in [0.5, 0.6) is 0 Å². The Balaban J connectivity index is 0.00000280. The first-order valence-corrected chi connectivity index (χ1v) is 9.89. The molecule has 0 fully saturated rings. The van der Waals surface area contributed by atoms with E-state index in [1.807, 2.05) is 65.0 Å². The van der Waals surface area contributed by atoms with Crippen molar-refractivity contribution in [2.24, 2.45) is 4.99 Å². The monoisotopic (exact) mass is 511 g/mol. The van der Waals surface area contributed by atoms with Gasteiger partial charge in [0, 0.05) is 18.9 Å². The van der Waals surface area contributed by atoms with E-state index in [1.165, 1.54) is 0 Å². The van der Waals surface area contributed by atoms with Crippen molar-refractivity contribution in [1.29, 1.82) is 0 Å². The number of nitrogens with one attached hydrogen (secondary N) is 2. The van der Waals surface area contributed by atoms with E-state index in [0.29, 0.717) is 19.0 Å². The second-order valence-corrected chi connectivity index (χ2v) is 7.23. The lowest BCUT2D eigenvalue weighted by molar-refractivity contribution is 0.0621. The van der Waals surface area contributed by atoms with E-state index < -0.39 is 5.60 Å². The second-order valence-electron chi connectivity index (χ2n) is 6.45. The normalized spacial score (nSPS) is 13.5. The number of guanidine groups is 1. The molecule has 2 aromatic heterocycles. The lowest BCUT2D eigenvalue weighted by Gasteiger charge is -2.24. The molecule has 3 N–H and O–H groups in total. The summed E-state index contributed by atoms with van der Waals surface area (Å²) in [6.07, 6.45) is 3.68. The van der Waals surface area contributed by atoms with Gasteiger partial charge in [0.25, 0.3) is 0 Å². The van der Waals surface area contributed by atoms with Crippen LogP contribution in [0.1, 0.15) is 25.0 Å². The molecule has 2 heterocycles. The zero-order valence-corrected chi connectivity index (χ0v) is 19.1. The van der Waals surface area contributed by atoms with E-state index in [-0.39, 0.29) is 24.0 Å². The molecule has 3 rings (SSSR count). The lowest BCUT2D eigenvalue weighted by atomic mass is 9.99. The van der Waals surface area contributed by atoms with Crippen LogP contribution in [0.4, 0.5) is 0 Å². The van der Waals surface area contributed by atoms with Gasteiger partial charge >= 0.3 is 0 Å². The fourth-order valence-electron chi connectivity index (χ4n) is 2.62. The molecular formula is C20H26IN5OS. The molecule has 0 spiro atoms. The van der Waals surface area contributed by atoms with Gasteiger partial charge in [-0.15, -0.1) is 24.0 Å². The van der Waals surface area contributed by atoms with Crippen LogP contribution in [0, 0.1) is 0 Å². The average Bonchev–Trinajstić information content (AvgIpc) is 3.39. The Bertz CT molecular complexity index is 845. The highest BCUT2D eigenvalue weighted by atomic mass is 127. The molecule has 1 aromatic carbocycles. The summed E-state index contributed by atoms with van der Waals surface area (Å²) < 4.78 is 1.82. The van der Waals surface area contributed by atoms with Gasteiger partial charge in [-0.2, -0.15) is 16.4 Å². The summed E-state index contributed by atoms with van der Waals surface area (Å²) in [5.41, 5.74) is 2.09. The Hall–Kier alpha value is -1.91. The topological polar surface area (TPSA) is 74.5 Å². The molecule has 1 unspecified atom stereocenters. The Morgan fingerprint density at radius 1 is 1.25 bits per heavy atom. The van der Waals surface area contributed by atoms with Crippen molar-refractivity contribution in [1.82, 2.24) is 20.4 Å². The third kappa shape index (κ3) is 6.05. The van der Waals surface area contributed by atoms with E-state index in [9.17, 15) is 5.11 Å². The number of aliphatic imine (C=N–C) groups is 1. The third-order valence-electron chi connectivity index (χ3n) is 4.21. The van der Waals surface area contributed by atoms with Crippen LogP contribution < -0.4 is 10.6 Å². The molecular weight excluding hydrogens is 485 g/mol. The maximum atomic E-state index is 10.7. The maximum Gasteiger partial charge on any atom is 0.191 e. The highest BCUT2D eigenvalue weighted by Gasteiger charge is 2.23. The molecule has 0 amide bonds. The highest BCUT2D eigenvalue weighted by molar-refractivity contribution is 14.0. The minimum Gasteiger partial charge on any atom is -0.384 e. The van der Waals surface area contributed by atoms with E-state index >= 15 is 0 Å². The van der Waals surface area contributed by atoms with Crippen LogP contribution in [0.25, 0.3) is 5.69 Å². The van der Waals surface area contributed by atoms with Gasteiger partial charge in [-0.25, -0.2) is 9.67 Å². The van der Waals surface area contributed by atoms with Gasteiger partial charge in [-0.05, 0) is 60.0 Å².